The third kappa shape index (κ3) is 3.86. The maximum Gasteiger partial charge on any atom is 0.315 e. The van der Waals surface area contributed by atoms with Gasteiger partial charge in [-0.25, -0.2) is 0 Å². The van der Waals surface area contributed by atoms with Gasteiger partial charge in [-0.15, -0.1) is 0 Å². The number of carbonyl (C=O) groups is 1. The van der Waals surface area contributed by atoms with E-state index < -0.39 is 0 Å². The maximum absolute atomic E-state index is 12.9. The number of allylic oxidation sites excluding steroid dienone is 1. The molecule has 0 aromatic heterocycles. The van der Waals surface area contributed by atoms with Crippen LogP contribution in [0.25, 0.3) is 0 Å². The summed E-state index contributed by atoms with van der Waals surface area (Å²) in [6.07, 6.45) is 5.91. The number of carbonyl (C=O) groups excluding carboxylic acids is 1. The van der Waals surface area contributed by atoms with E-state index in [1.54, 1.807) is 12.0 Å². The van der Waals surface area contributed by atoms with E-state index in [2.05, 4.69) is 30.5 Å². The Balaban J connectivity index is 1.21. The Kier molecular flexibility index (Phi) is 5.49. The van der Waals surface area contributed by atoms with Gasteiger partial charge in [0.1, 0.15) is 17.8 Å². The predicted molar refractivity (Wildman–Crippen MR) is 121 cm³/mol. The summed E-state index contributed by atoms with van der Waals surface area (Å²) < 4.78 is 11.3. The van der Waals surface area contributed by atoms with Crippen LogP contribution < -0.4 is 14.5 Å². The van der Waals surface area contributed by atoms with Crippen molar-refractivity contribution in [3.8, 4) is 5.75 Å². The number of hydrogen-bond donors (Lipinski definition) is 1. The Morgan fingerprint density at radius 3 is 2.71 bits per heavy atom. The zero-order chi connectivity index (χ0) is 21.6. The van der Waals surface area contributed by atoms with Crippen LogP contribution in [0.3, 0.4) is 0 Å². The quantitative estimate of drug-likeness (QED) is 0.595. The van der Waals surface area contributed by atoms with Crippen LogP contribution >= 0.6 is 0 Å². The lowest BCUT2D eigenvalue weighted by Gasteiger charge is -2.50. The number of esters is 1. The van der Waals surface area contributed by atoms with E-state index >= 15 is 0 Å². The minimum atomic E-state index is 0.0619. The van der Waals surface area contributed by atoms with Crippen molar-refractivity contribution in [1.29, 1.82) is 0 Å². The monoisotopic (exact) mass is 425 g/mol. The van der Waals surface area contributed by atoms with Crippen molar-refractivity contribution in [2.45, 2.75) is 45.1 Å². The van der Waals surface area contributed by atoms with Crippen LogP contribution in [-0.2, 0) is 9.53 Å². The van der Waals surface area contributed by atoms with Gasteiger partial charge in [-0.2, -0.15) is 0 Å². The molecule has 5 atom stereocenters. The maximum atomic E-state index is 12.9. The first-order chi connectivity index (χ1) is 15.0. The van der Waals surface area contributed by atoms with Crippen LogP contribution in [-0.4, -0.2) is 51.9 Å². The third-order valence-corrected chi connectivity index (χ3v) is 8.74. The van der Waals surface area contributed by atoms with E-state index in [0.29, 0.717) is 11.8 Å². The van der Waals surface area contributed by atoms with Gasteiger partial charge in [0.05, 0.1) is 39.8 Å². The molecule has 4 fully saturated rings. The summed E-state index contributed by atoms with van der Waals surface area (Å²) in [6.45, 7) is 11.9. The highest BCUT2D eigenvalue weighted by atomic mass is 16.6. The summed E-state index contributed by atoms with van der Waals surface area (Å²) in [4.78, 5) is 16.9. The summed E-state index contributed by atoms with van der Waals surface area (Å²) in [5, 5.41) is 0. The smallest absolute Gasteiger partial charge is 0.315 e. The standard InChI is InChI=1S/C26H36N2O3/c1-18-5-4-10-26(2)16-24-21(15-23(18)26)22(25(29)31-24)17-27-11-13-28(14-12-27)19-6-8-20(30-3)9-7-19/h6-9,21-24H,1,4-5,10-17H2,2-3H3/p+1/t21-,22-,23+,24-,26-/m1/s1. The molecular weight excluding hydrogens is 388 g/mol. The first-order valence-electron chi connectivity index (χ1n) is 12.1. The number of piperazine rings is 1. The van der Waals surface area contributed by atoms with E-state index in [9.17, 15) is 4.79 Å². The number of hydrogen-bond acceptors (Lipinski definition) is 4. The third-order valence-electron chi connectivity index (χ3n) is 8.74. The molecule has 2 aliphatic heterocycles. The highest BCUT2D eigenvalue weighted by Crippen LogP contribution is 2.56. The predicted octanol–water partition coefficient (Wildman–Crippen LogP) is 2.71. The molecular formula is C26H37N2O3+. The van der Waals surface area contributed by atoms with E-state index in [0.717, 1.165) is 57.7 Å². The Hall–Kier alpha value is -2.01. The number of ether oxygens (including phenoxy) is 2. The number of nitrogens with one attached hydrogen (secondary N) is 1. The SMILES string of the molecule is C=C1CCC[C@]2(C)C[C@H]3OC(=O)[C@H](C[NH+]4CCN(c5ccc(OC)cc5)CC4)[C@H]3C[C@@H]12. The second-order valence-corrected chi connectivity index (χ2v) is 10.5. The van der Waals surface area contributed by atoms with Gasteiger partial charge in [-0.1, -0.05) is 19.1 Å². The highest BCUT2D eigenvalue weighted by Gasteiger charge is 2.56. The fourth-order valence-electron chi connectivity index (χ4n) is 6.88. The van der Waals surface area contributed by atoms with Crippen molar-refractivity contribution < 1.29 is 19.2 Å². The molecule has 0 spiro atoms. The molecule has 1 N–H and O–H groups in total. The second-order valence-electron chi connectivity index (χ2n) is 10.5. The number of anilines is 1. The Morgan fingerprint density at radius 1 is 1.26 bits per heavy atom. The topological polar surface area (TPSA) is 43.2 Å². The molecule has 1 aromatic carbocycles. The van der Waals surface area contributed by atoms with E-state index in [4.69, 9.17) is 9.47 Å². The first kappa shape index (κ1) is 20.9. The van der Waals surface area contributed by atoms with E-state index in [1.165, 1.54) is 24.1 Å². The molecule has 5 nitrogen and oxygen atoms in total. The number of rotatable bonds is 4. The summed E-state index contributed by atoms with van der Waals surface area (Å²) in [5.41, 5.74) is 2.95. The molecule has 2 aliphatic carbocycles. The number of quaternary nitrogens is 1. The van der Waals surface area contributed by atoms with Gasteiger partial charge < -0.3 is 19.3 Å². The molecule has 2 heterocycles. The minimum absolute atomic E-state index is 0.0619. The molecule has 4 aliphatic rings. The first-order valence-corrected chi connectivity index (χ1v) is 12.1. The lowest BCUT2D eigenvalue weighted by Crippen LogP contribution is -3.15. The minimum Gasteiger partial charge on any atom is -0.497 e. The molecule has 0 bridgehead atoms. The normalized spacial score (nSPS) is 36.0. The van der Waals surface area contributed by atoms with Gasteiger partial charge >= 0.3 is 5.97 Å². The second kappa shape index (κ2) is 8.16. The summed E-state index contributed by atoms with van der Waals surface area (Å²) in [6, 6.07) is 8.33. The van der Waals surface area contributed by atoms with Crippen LogP contribution in [0.5, 0.6) is 5.75 Å². The van der Waals surface area contributed by atoms with Gasteiger partial charge in [-0.3, -0.25) is 4.79 Å². The zero-order valence-electron chi connectivity index (χ0n) is 19.1. The van der Waals surface area contributed by atoms with Crippen molar-refractivity contribution in [1.82, 2.24) is 0 Å². The molecule has 31 heavy (non-hydrogen) atoms. The fraction of sp³-hybridized carbons (Fsp3) is 0.654. The highest BCUT2D eigenvalue weighted by molar-refractivity contribution is 5.75. The van der Waals surface area contributed by atoms with Gasteiger partial charge in [0.25, 0.3) is 0 Å². The molecule has 2 saturated heterocycles. The van der Waals surface area contributed by atoms with Gasteiger partial charge in [-0.05, 0) is 67.7 Å². The Bertz CT molecular complexity index is 830. The lowest BCUT2D eigenvalue weighted by atomic mass is 9.55. The average molecular weight is 426 g/mol. The van der Waals surface area contributed by atoms with Crippen LogP contribution in [0, 0.1) is 23.2 Å². The molecule has 0 amide bonds. The largest absolute Gasteiger partial charge is 0.497 e. The number of benzene rings is 1. The Morgan fingerprint density at radius 2 is 2.00 bits per heavy atom. The molecule has 0 radical (unpaired) electrons. The van der Waals surface area contributed by atoms with Crippen LogP contribution in [0.15, 0.2) is 36.4 Å². The lowest BCUT2D eigenvalue weighted by molar-refractivity contribution is -0.903. The van der Waals surface area contributed by atoms with Crippen molar-refractivity contribution in [3.63, 3.8) is 0 Å². The van der Waals surface area contributed by atoms with Crippen LogP contribution in [0.1, 0.15) is 39.0 Å². The van der Waals surface area contributed by atoms with E-state index in [-0.39, 0.29) is 23.4 Å². The van der Waals surface area contributed by atoms with Crippen LogP contribution in [0.4, 0.5) is 5.69 Å². The van der Waals surface area contributed by atoms with Crippen molar-refractivity contribution in [2.75, 3.05) is 44.7 Å². The number of fused-ring (bicyclic) bond motifs is 2. The Labute approximate surface area is 186 Å². The molecule has 5 rings (SSSR count). The van der Waals surface area contributed by atoms with Crippen molar-refractivity contribution in [3.05, 3.63) is 36.4 Å². The molecule has 1 aromatic rings. The van der Waals surface area contributed by atoms with Crippen molar-refractivity contribution in [2.24, 2.45) is 23.2 Å². The van der Waals surface area contributed by atoms with Gasteiger partial charge in [0.2, 0.25) is 0 Å². The van der Waals surface area contributed by atoms with Crippen LogP contribution in [0.2, 0.25) is 0 Å². The molecule has 2 saturated carbocycles. The molecule has 168 valence electrons. The van der Waals surface area contributed by atoms with Gasteiger partial charge in [0, 0.05) is 11.6 Å². The van der Waals surface area contributed by atoms with E-state index in [1.807, 2.05) is 12.1 Å². The number of nitrogens with zero attached hydrogens (tertiary/aromatic N) is 1. The zero-order valence-corrected chi connectivity index (χ0v) is 19.1. The average Bonchev–Trinajstić information content (AvgIpc) is 3.06. The number of methoxy groups -OCH3 is 1. The summed E-state index contributed by atoms with van der Waals surface area (Å²) in [5.74, 6) is 1.97. The fourth-order valence-corrected chi connectivity index (χ4v) is 6.88. The van der Waals surface area contributed by atoms with Gasteiger partial charge in [0.15, 0.2) is 0 Å². The molecule has 0 unspecified atom stereocenters. The molecule has 5 heteroatoms. The van der Waals surface area contributed by atoms with Crippen molar-refractivity contribution >= 4 is 11.7 Å². The summed E-state index contributed by atoms with van der Waals surface area (Å²) in [7, 11) is 1.70. The summed E-state index contributed by atoms with van der Waals surface area (Å²) >= 11 is 0.